The highest BCUT2D eigenvalue weighted by molar-refractivity contribution is 7.99. The lowest BCUT2D eigenvalue weighted by molar-refractivity contribution is -0.137. The van der Waals surface area contributed by atoms with Crippen molar-refractivity contribution >= 4 is 35.1 Å². The fourth-order valence-corrected chi connectivity index (χ4v) is 2.47. The lowest BCUT2D eigenvalue weighted by Crippen LogP contribution is -2.18. The Labute approximate surface area is 151 Å². The molecule has 138 valence electrons. The molecule has 2 amide bonds. The van der Waals surface area contributed by atoms with Crippen LogP contribution in [0.3, 0.4) is 0 Å². The van der Waals surface area contributed by atoms with Crippen LogP contribution in [-0.4, -0.2) is 27.8 Å². The van der Waals surface area contributed by atoms with Crippen molar-refractivity contribution in [3.63, 3.8) is 0 Å². The number of nitrogens with zero attached hydrogens (tertiary/aromatic N) is 2. The van der Waals surface area contributed by atoms with Crippen molar-refractivity contribution in [1.29, 1.82) is 0 Å². The first kappa shape index (κ1) is 19.7. The first-order valence-electron chi connectivity index (χ1n) is 7.52. The van der Waals surface area contributed by atoms with Crippen molar-refractivity contribution in [2.75, 3.05) is 16.4 Å². The summed E-state index contributed by atoms with van der Waals surface area (Å²) >= 11 is 1.01. The molecule has 0 saturated carbocycles. The van der Waals surface area contributed by atoms with Gasteiger partial charge in [0.05, 0.1) is 17.0 Å². The van der Waals surface area contributed by atoms with E-state index in [1.165, 1.54) is 24.3 Å². The molecule has 1 heterocycles. The molecule has 0 unspecified atom stereocenters. The molecule has 1 aromatic carbocycles. The van der Waals surface area contributed by atoms with Gasteiger partial charge in [0.1, 0.15) is 5.03 Å². The zero-order valence-electron chi connectivity index (χ0n) is 13.6. The monoisotopic (exact) mass is 384 g/mol. The van der Waals surface area contributed by atoms with Crippen molar-refractivity contribution in [3.8, 4) is 0 Å². The van der Waals surface area contributed by atoms with Gasteiger partial charge in [0, 0.05) is 6.42 Å². The summed E-state index contributed by atoms with van der Waals surface area (Å²) in [5.74, 6) is -0.661. The molecule has 0 radical (unpaired) electrons. The third kappa shape index (κ3) is 5.73. The highest BCUT2D eigenvalue weighted by Crippen LogP contribution is 2.34. The summed E-state index contributed by atoms with van der Waals surface area (Å²) in [6, 6.07) is 7.84. The summed E-state index contributed by atoms with van der Waals surface area (Å²) in [6.45, 7) is 1.70. The van der Waals surface area contributed by atoms with E-state index in [4.69, 9.17) is 0 Å². The van der Waals surface area contributed by atoms with Gasteiger partial charge in [-0.3, -0.25) is 9.59 Å². The van der Waals surface area contributed by atoms with E-state index in [1.54, 1.807) is 13.0 Å². The smallest absolute Gasteiger partial charge is 0.325 e. The summed E-state index contributed by atoms with van der Waals surface area (Å²) in [5.41, 5.74) is -1.21. The zero-order chi connectivity index (χ0) is 19.2. The fourth-order valence-electron chi connectivity index (χ4n) is 1.86. The van der Waals surface area contributed by atoms with Crippen LogP contribution in [-0.2, 0) is 15.8 Å². The quantitative estimate of drug-likeness (QED) is 0.744. The number of hydrogen-bond donors (Lipinski definition) is 2. The molecule has 2 aromatic rings. The second-order valence-corrected chi connectivity index (χ2v) is 6.03. The maximum absolute atomic E-state index is 12.9. The molecule has 0 atom stereocenters. The van der Waals surface area contributed by atoms with Gasteiger partial charge in [0.15, 0.2) is 5.82 Å². The molecule has 2 rings (SSSR count). The number of hydrogen-bond acceptors (Lipinski definition) is 5. The van der Waals surface area contributed by atoms with E-state index in [-0.39, 0.29) is 23.2 Å². The van der Waals surface area contributed by atoms with Crippen LogP contribution in [0.2, 0.25) is 0 Å². The Kier molecular flexibility index (Phi) is 6.56. The molecular formula is C16H15F3N4O2S. The molecule has 0 aliphatic rings. The summed E-state index contributed by atoms with van der Waals surface area (Å²) in [7, 11) is 0. The van der Waals surface area contributed by atoms with Crippen LogP contribution in [0.15, 0.2) is 41.4 Å². The lowest BCUT2D eigenvalue weighted by Gasteiger charge is -2.13. The Balaban J connectivity index is 1.93. The van der Waals surface area contributed by atoms with E-state index in [9.17, 15) is 22.8 Å². The van der Waals surface area contributed by atoms with Gasteiger partial charge >= 0.3 is 6.18 Å². The van der Waals surface area contributed by atoms with Crippen LogP contribution in [0, 0.1) is 0 Å². The molecule has 0 aliphatic heterocycles. The second-order valence-electron chi connectivity index (χ2n) is 5.04. The van der Waals surface area contributed by atoms with Crippen LogP contribution in [0.25, 0.3) is 0 Å². The molecule has 10 heteroatoms. The van der Waals surface area contributed by atoms with Crippen LogP contribution >= 0.6 is 11.8 Å². The van der Waals surface area contributed by atoms with Gasteiger partial charge in [-0.25, -0.2) is 0 Å². The van der Waals surface area contributed by atoms with E-state index in [0.29, 0.717) is 11.4 Å². The average molecular weight is 384 g/mol. The van der Waals surface area contributed by atoms with Gasteiger partial charge < -0.3 is 10.6 Å². The number of para-hydroxylation sites is 1. The van der Waals surface area contributed by atoms with Crippen molar-refractivity contribution in [2.24, 2.45) is 0 Å². The Morgan fingerprint density at radius 2 is 1.77 bits per heavy atom. The number of halogens is 3. The topological polar surface area (TPSA) is 84.0 Å². The third-order valence-electron chi connectivity index (χ3n) is 3.09. The molecule has 0 bridgehead atoms. The van der Waals surface area contributed by atoms with Gasteiger partial charge in [-0.15, -0.1) is 10.2 Å². The third-order valence-corrected chi connectivity index (χ3v) is 4.01. The number of carbonyl (C=O) groups excluding carboxylic acids is 2. The van der Waals surface area contributed by atoms with Crippen molar-refractivity contribution in [1.82, 2.24) is 10.2 Å². The molecule has 26 heavy (non-hydrogen) atoms. The van der Waals surface area contributed by atoms with Gasteiger partial charge in [-0.2, -0.15) is 13.2 Å². The summed E-state index contributed by atoms with van der Waals surface area (Å²) in [6.07, 6.45) is -4.25. The number of anilines is 2. The summed E-state index contributed by atoms with van der Waals surface area (Å²) in [4.78, 5) is 23.1. The van der Waals surface area contributed by atoms with Crippen molar-refractivity contribution in [2.45, 2.75) is 24.5 Å². The number of alkyl halides is 3. The van der Waals surface area contributed by atoms with Crippen LogP contribution in [0.4, 0.5) is 24.7 Å². The first-order chi connectivity index (χ1) is 12.3. The summed E-state index contributed by atoms with van der Waals surface area (Å²) < 4.78 is 38.7. The average Bonchev–Trinajstić information content (AvgIpc) is 2.60. The number of benzene rings is 1. The van der Waals surface area contributed by atoms with Gasteiger partial charge in [-0.1, -0.05) is 30.8 Å². The predicted molar refractivity (Wildman–Crippen MR) is 91.8 cm³/mol. The van der Waals surface area contributed by atoms with E-state index < -0.39 is 17.6 Å². The molecule has 2 N–H and O–H groups in total. The molecular weight excluding hydrogens is 369 g/mol. The van der Waals surface area contributed by atoms with Gasteiger partial charge in [0.25, 0.3) is 0 Å². The largest absolute Gasteiger partial charge is 0.418 e. The number of rotatable bonds is 6. The van der Waals surface area contributed by atoms with Gasteiger partial charge in [0.2, 0.25) is 11.8 Å². The molecule has 0 aliphatic carbocycles. The Morgan fingerprint density at radius 3 is 2.38 bits per heavy atom. The highest BCUT2D eigenvalue weighted by Gasteiger charge is 2.33. The zero-order valence-corrected chi connectivity index (χ0v) is 14.4. The Morgan fingerprint density at radius 1 is 1.04 bits per heavy atom. The van der Waals surface area contributed by atoms with Crippen molar-refractivity contribution in [3.05, 3.63) is 42.0 Å². The normalized spacial score (nSPS) is 11.1. The maximum Gasteiger partial charge on any atom is 0.418 e. The van der Waals surface area contributed by atoms with Gasteiger partial charge in [-0.05, 0) is 24.3 Å². The first-order valence-corrected chi connectivity index (χ1v) is 8.50. The number of aromatic nitrogens is 2. The maximum atomic E-state index is 12.9. The number of nitrogens with one attached hydrogen (secondary N) is 2. The molecule has 6 nitrogen and oxygen atoms in total. The van der Waals surface area contributed by atoms with E-state index in [1.807, 2.05) is 0 Å². The molecule has 0 fully saturated rings. The molecule has 1 aromatic heterocycles. The van der Waals surface area contributed by atoms with E-state index >= 15 is 0 Å². The minimum Gasteiger partial charge on any atom is -0.325 e. The Bertz CT molecular complexity index is 782. The van der Waals surface area contributed by atoms with E-state index in [0.717, 1.165) is 17.8 Å². The number of carbonyl (C=O) groups is 2. The van der Waals surface area contributed by atoms with Crippen LogP contribution in [0.1, 0.15) is 18.9 Å². The van der Waals surface area contributed by atoms with E-state index in [2.05, 4.69) is 20.8 Å². The minimum atomic E-state index is -4.55. The Hall–Kier alpha value is -2.62. The predicted octanol–water partition coefficient (Wildman–Crippen LogP) is 3.57. The number of thioether (sulfide) groups is 1. The molecule has 0 saturated heterocycles. The van der Waals surface area contributed by atoms with Crippen LogP contribution < -0.4 is 10.6 Å². The SMILES string of the molecule is CCC(=O)Nc1ccc(SCC(=O)Nc2ccccc2C(F)(F)F)nn1. The van der Waals surface area contributed by atoms with Crippen LogP contribution in [0.5, 0.6) is 0 Å². The standard InChI is InChI=1S/C16H15F3N4O2S/c1-2-13(24)21-12-7-8-15(23-22-12)26-9-14(25)20-11-6-4-3-5-10(11)16(17,18)19/h3-8H,2,9H2,1H3,(H,20,25)(H,21,22,24). The number of amides is 2. The summed E-state index contributed by atoms with van der Waals surface area (Å²) in [5, 5.41) is 12.8. The molecule has 0 spiro atoms. The second kappa shape index (κ2) is 8.65. The van der Waals surface area contributed by atoms with Crippen molar-refractivity contribution < 1.29 is 22.8 Å². The minimum absolute atomic E-state index is 0.137. The fraction of sp³-hybridized carbons (Fsp3) is 0.250. The highest BCUT2D eigenvalue weighted by atomic mass is 32.2. The lowest BCUT2D eigenvalue weighted by atomic mass is 10.1.